The van der Waals surface area contributed by atoms with Crippen molar-refractivity contribution in [1.82, 2.24) is 15.2 Å². The zero-order valence-electron chi connectivity index (χ0n) is 7.37. The number of rotatable bonds is 4. The zero-order chi connectivity index (χ0) is 8.97. The molecule has 0 aromatic carbocycles. The number of nitrogens with one attached hydrogen (secondary N) is 1. The van der Waals surface area contributed by atoms with Crippen molar-refractivity contribution in [3.8, 4) is 6.01 Å². The van der Waals surface area contributed by atoms with E-state index in [9.17, 15) is 0 Å². The molecule has 1 rings (SSSR count). The Hall–Kier alpha value is -1.10. The summed E-state index contributed by atoms with van der Waals surface area (Å²) in [6.45, 7) is 4.39. The van der Waals surface area contributed by atoms with Crippen molar-refractivity contribution in [2.45, 2.75) is 26.3 Å². The molecule has 12 heavy (non-hydrogen) atoms. The van der Waals surface area contributed by atoms with Gasteiger partial charge in [0.2, 0.25) is 0 Å². The van der Waals surface area contributed by atoms with Gasteiger partial charge < -0.3 is 10.5 Å². The molecule has 0 saturated carbocycles. The summed E-state index contributed by atoms with van der Waals surface area (Å²) < 4.78 is 5.07. The van der Waals surface area contributed by atoms with Gasteiger partial charge in [0, 0.05) is 12.5 Å². The van der Waals surface area contributed by atoms with Crippen molar-refractivity contribution < 1.29 is 4.74 Å². The zero-order valence-corrected chi connectivity index (χ0v) is 7.37. The Bertz CT molecular complexity index is 233. The molecule has 0 radical (unpaired) electrons. The molecule has 1 aromatic rings. The average molecular weight is 170 g/mol. The minimum Gasteiger partial charge on any atom is -0.463 e. The van der Waals surface area contributed by atoms with E-state index in [1.54, 1.807) is 0 Å². The van der Waals surface area contributed by atoms with Crippen molar-refractivity contribution in [2.24, 2.45) is 5.73 Å². The van der Waals surface area contributed by atoms with Crippen LogP contribution in [0.25, 0.3) is 0 Å². The summed E-state index contributed by atoms with van der Waals surface area (Å²) in [6, 6.07) is 0.487. The van der Waals surface area contributed by atoms with Crippen LogP contribution in [0.15, 0.2) is 0 Å². The predicted octanol–water partition coefficient (Wildman–Crippen LogP) is 0.0931. The van der Waals surface area contributed by atoms with Crippen molar-refractivity contribution in [3.05, 3.63) is 5.82 Å². The monoisotopic (exact) mass is 170 g/mol. The first kappa shape index (κ1) is 8.99. The van der Waals surface area contributed by atoms with Crippen LogP contribution in [0.4, 0.5) is 0 Å². The van der Waals surface area contributed by atoms with Gasteiger partial charge in [-0.2, -0.15) is 4.98 Å². The lowest BCUT2D eigenvalue weighted by Crippen LogP contribution is -2.18. The van der Waals surface area contributed by atoms with Gasteiger partial charge >= 0.3 is 6.01 Å². The summed E-state index contributed by atoms with van der Waals surface area (Å²) >= 11 is 0. The highest BCUT2D eigenvalue weighted by Crippen LogP contribution is 2.02. The Morgan fingerprint density at radius 1 is 1.67 bits per heavy atom. The fourth-order valence-electron chi connectivity index (χ4n) is 0.868. The van der Waals surface area contributed by atoms with Gasteiger partial charge in [-0.3, -0.25) is 5.10 Å². The van der Waals surface area contributed by atoms with Crippen molar-refractivity contribution in [3.63, 3.8) is 0 Å². The van der Waals surface area contributed by atoms with Gasteiger partial charge in [-0.1, -0.05) is 0 Å². The Morgan fingerprint density at radius 3 is 3.00 bits per heavy atom. The third-order valence-electron chi connectivity index (χ3n) is 1.30. The lowest BCUT2D eigenvalue weighted by atomic mass is 10.2. The number of hydrogen-bond acceptors (Lipinski definition) is 4. The molecule has 0 aliphatic carbocycles. The smallest absolute Gasteiger partial charge is 0.335 e. The van der Waals surface area contributed by atoms with Crippen LogP contribution < -0.4 is 10.5 Å². The first-order valence-corrected chi connectivity index (χ1v) is 4.02. The number of aromatic amines is 1. The maximum Gasteiger partial charge on any atom is 0.335 e. The third kappa shape index (κ3) is 2.50. The summed E-state index contributed by atoms with van der Waals surface area (Å²) in [5.41, 5.74) is 5.58. The average Bonchev–Trinajstić information content (AvgIpc) is 2.36. The predicted molar refractivity (Wildman–Crippen MR) is 44.9 cm³/mol. The highest BCUT2D eigenvalue weighted by Gasteiger charge is 2.04. The first-order chi connectivity index (χ1) is 5.72. The van der Waals surface area contributed by atoms with Crippen molar-refractivity contribution in [2.75, 3.05) is 6.61 Å². The van der Waals surface area contributed by atoms with Gasteiger partial charge in [0.25, 0.3) is 0 Å². The summed E-state index contributed by atoms with van der Waals surface area (Å²) in [5, 5.41) is 6.60. The molecule has 0 aliphatic heterocycles. The van der Waals surface area contributed by atoms with E-state index in [1.807, 2.05) is 13.8 Å². The van der Waals surface area contributed by atoms with Crippen LogP contribution in [0, 0.1) is 0 Å². The Balaban J connectivity index is 2.52. The van der Waals surface area contributed by atoms with E-state index < -0.39 is 0 Å². The third-order valence-corrected chi connectivity index (χ3v) is 1.30. The number of ether oxygens (including phenoxy) is 1. The van der Waals surface area contributed by atoms with E-state index in [-0.39, 0.29) is 6.04 Å². The highest BCUT2D eigenvalue weighted by atomic mass is 16.5. The van der Waals surface area contributed by atoms with Crippen LogP contribution in [0.2, 0.25) is 0 Å². The summed E-state index contributed by atoms with van der Waals surface area (Å²) in [4.78, 5) is 4.07. The summed E-state index contributed by atoms with van der Waals surface area (Å²) in [6.07, 6.45) is 0.695. The molecule has 68 valence electrons. The Morgan fingerprint density at radius 2 is 2.42 bits per heavy atom. The van der Waals surface area contributed by atoms with Crippen LogP contribution in [0.3, 0.4) is 0 Å². The Kier molecular flexibility index (Phi) is 3.04. The number of hydrogen-bond donors (Lipinski definition) is 2. The molecule has 0 aliphatic rings. The lowest BCUT2D eigenvalue weighted by Gasteiger charge is -1.98. The van der Waals surface area contributed by atoms with Crippen LogP contribution in [0.5, 0.6) is 6.01 Å². The summed E-state index contributed by atoms with van der Waals surface area (Å²) in [5.74, 6) is 0.772. The van der Waals surface area contributed by atoms with Gasteiger partial charge in [0.1, 0.15) is 5.82 Å². The van der Waals surface area contributed by atoms with E-state index >= 15 is 0 Å². The molecule has 0 fully saturated rings. The summed E-state index contributed by atoms with van der Waals surface area (Å²) in [7, 11) is 0. The molecule has 1 heterocycles. The normalized spacial score (nSPS) is 12.9. The van der Waals surface area contributed by atoms with Crippen molar-refractivity contribution in [1.29, 1.82) is 0 Å². The van der Waals surface area contributed by atoms with E-state index in [0.717, 1.165) is 5.82 Å². The van der Waals surface area contributed by atoms with Gasteiger partial charge in [-0.15, -0.1) is 5.10 Å². The van der Waals surface area contributed by atoms with E-state index in [2.05, 4.69) is 15.2 Å². The topological polar surface area (TPSA) is 76.8 Å². The fourth-order valence-corrected chi connectivity index (χ4v) is 0.868. The molecule has 5 nitrogen and oxygen atoms in total. The second-order valence-corrected chi connectivity index (χ2v) is 2.68. The number of aromatic nitrogens is 3. The Labute approximate surface area is 71.3 Å². The van der Waals surface area contributed by atoms with Crippen LogP contribution >= 0.6 is 0 Å². The standard InChI is InChI=1S/C7H14N4O/c1-3-12-7-9-6(10-11-7)4-5(2)8/h5H,3-4,8H2,1-2H3,(H,9,10,11). The van der Waals surface area contributed by atoms with E-state index in [1.165, 1.54) is 0 Å². The van der Waals surface area contributed by atoms with Gasteiger partial charge in [-0.25, -0.2) is 0 Å². The van der Waals surface area contributed by atoms with Gasteiger partial charge in [-0.05, 0) is 13.8 Å². The molecule has 1 aromatic heterocycles. The van der Waals surface area contributed by atoms with E-state index in [4.69, 9.17) is 10.5 Å². The van der Waals surface area contributed by atoms with Gasteiger partial charge in [0.05, 0.1) is 6.61 Å². The number of nitrogens with two attached hydrogens (primary N) is 1. The minimum absolute atomic E-state index is 0.0902. The number of H-pyrrole nitrogens is 1. The highest BCUT2D eigenvalue weighted by molar-refractivity contribution is 4.96. The quantitative estimate of drug-likeness (QED) is 0.671. The van der Waals surface area contributed by atoms with Crippen LogP contribution in [-0.2, 0) is 6.42 Å². The number of nitrogens with zero attached hydrogens (tertiary/aromatic N) is 2. The second kappa shape index (κ2) is 4.06. The van der Waals surface area contributed by atoms with Crippen molar-refractivity contribution >= 4 is 0 Å². The molecule has 3 N–H and O–H groups in total. The fraction of sp³-hybridized carbons (Fsp3) is 0.714. The SMILES string of the molecule is CCOc1n[nH]c(CC(C)N)n1. The molecule has 0 amide bonds. The first-order valence-electron chi connectivity index (χ1n) is 4.02. The molecule has 5 heteroatoms. The molecule has 0 spiro atoms. The molecular weight excluding hydrogens is 156 g/mol. The molecule has 1 unspecified atom stereocenters. The van der Waals surface area contributed by atoms with Crippen LogP contribution in [-0.4, -0.2) is 27.8 Å². The second-order valence-electron chi connectivity index (χ2n) is 2.68. The minimum atomic E-state index is 0.0902. The molecular formula is C7H14N4O. The maximum atomic E-state index is 5.58. The van der Waals surface area contributed by atoms with Crippen LogP contribution in [0.1, 0.15) is 19.7 Å². The van der Waals surface area contributed by atoms with Gasteiger partial charge in [0.15, 0.2) is 0 Å². The van der Waals surface area contributed by atoms with E-state index in [0.29, 0.717) is 19.0 Å². The lowest BCUT2D eigenvalue weighted by molar-refractivity contribution is 0.313. The molecule has 0 saturated heterocycles. The molecule has 0 bridgehead atoms. The largest absolute Gasteiger partial charge is 0.463 e. The molecule has 1 atom stereocenters. The maximum absolute atomic E-state index is 5.58.